The molecule has 6 unspecified atom stereocenters. The van der Waals surface area contributed by atoms with Crippen molar-refractivity contribution in [1.82, 2.24) is 0 Å². The summed E-state index contributed by atoms with van der Waals surface area (Å²) < 4.78 is 174. The van der Waals surface area contributed by atoms with Gasteiger partial charge in [0.25, 0.3) is 0 Å². The lowest BCUT2D eigenvalue weighted by Gasteiger charge is -2.37. The van der Waals surface area contributed by atoms with Crippen LogP contribution in [0.5, 0.6) is 0 Å². The molecule has 118 heavy (non-hydrogen) atoms. The van der Waals surface area contributed by atoms with Gasteiger partial charge in [-0.2, -0.15) is 0 Å². The summed E-state index contributed by atoms with van der Waals surface area (Å²) in [6.45, 7) is 62.1. The van der Waals surface area contributed by atoms with Crippen molar-refractivity contribution in [2.75, 3.05) is 39.5 Å². The zero-order valence-electron chi connectivity index (χ0n) is 74.5. The molecule has 38 heteroatoms. The fourth-order valence-electron chi connectivity index (χ4n) is 15.8. The van der Waals surface area contributed by atoms with Crippen molar-refractivity contribution in [1.29, 1.82) is 0 Å². The van der Waals surface area contributed by atoms with Crippen LogP contribution in [0.15, 0.2) is 49.4 Å². The van der Waals surface area contributed by atoms with E-state index in [1.54, 1.807) is 6.92 Å². The van der Waals surface area contributed by atoms with E-state index in [0.29, 0.717) is 64.5 Å². The van der Waals surface area contributed by atoms with Gasteiger partial charge in [0.05, 0.1) is 160 Å². The monoisotopic (exact) mass is 1770 g/mol. The highest BCUT2D eigenvalue weighted by atomic mass is 31.2. The van der Waals surface area contributed by atoms with Crippen LogP contribution in [0.3, 0.4) is 0 Å². The smallest absolute Gasteiger partial charge is 0.319 e. The summed E-state index contributed by atoms with van der Waals surface area (Å²) in [6.07, 6.45) is -4.38. The first-order valence-corrected chi connectivity index (χ1v) is 47.8. The average molecular weight is 1770 g/mol. The third kappa shape index (κ3) is 34.0. The Morgan fingerprint density at radius 3 is 1.14 bits per heavy atom. The third-order valence-electron chi connectivity index (χ3n) is 20.9. The van der Waals surface area contributed by atoms with Crippen LogP contribution < -0.4 is 42.5 Å². The van der Waals surface area contributed by atoms with E-state index in [9.17, 15) is 37.8 Å². The molecule has 2 saturated carbocycles. The molecule has 692 valence electrons. The van der Waals surface area contributed by atoms with E-state index >= 15 is 0 Å². The molecule has 0 aromatic heterocycles. The molecule has 2 aliphatic carbocycles. The Hall–Kier alpha value is -1.96. The maximum Gasteiger partial charge on any atom is 0.319 e. The van der Waals surface area contributed by atoms with Crippen LogP contribution in [0, 0.1) is 23.7 Å². The summed E-state index contributed by atoms with van der Waals surface area (Å²) in [5, 5.41) is 0. The minimum Gasteiger partial charge on any atom is -0.746 e. The fraction of sp³-hybridized carbons (Fsp3) is 0.900. The van der Waals surface area contributed by atoms with E-state index in [2.05, 4.69) is 33.2 Å². The summed E-state index contributed by atoms with van der Waals surface area (Å²) in [6, 6.07) is -0.644. The predicted molar refractivity (Wildman–Crippen MR) is 435 cm³/mol. The average Bonchev–Trinajstić information content (AvgIpc) is 1.65. The van der Waals surface area contributed by atoms with E-state index in [-0.39, 0.29) is 183 Å². The van der Waals surface area contributed by atoms with E-state index in [0.717, 1.165) is 0 Å². The topological polar surface area (TPSA) is 468 Å². The first-order valence-electron chi connectivity index (χ1n) is 42.0. The van der Waals surface area contributed by atoms with Crippen LogP contribution >= 0.6 is 31.3 Å². The van der Waals surface area contributed by atoms with Gasteiger partial charge in [-0.25, -0.2) is 0 Å². The van der Waals surface area contributed by atoms with Gasteiger partial charge < -0.3 is 145 Å². The van der Waals surface area contributed by atoms with Crippen molar-refractivity contribution in [3.8, 4) is 0 Å². The molecule has 0 aromatic carbocycles. The van der Waals surface area contributed by atoms with Crippen molar-refractivity contribution in [2.24, 2.45) is 46.6 Å². The highest BCUT2D eigenvalue weighted by Gasteiger charge is 2.53. The van der Waals surface area contributed by atoms with Crippen molar-refractivity contribution in [3.05, 3.63) is 49.4 Å². The maximum absolute atomic E-state index is 12.7. The zero-order chi connectivity index (χ0) is 89.2. The summed E-state index contributed by atoms with van der Waals surface area (Å²) in [5.74, 6) is 0.260. The molecule has 8 fully saturated rings. The van der Waals surface area contributed by atoms with Crippen LogP contribution in [0.4, 0.5) is 0 Å². The number of phosphoric acid groups is 4. The summed E-state index contributed by atoms with van der Waals surface area (Å²) in [4.78, 5) is 50.6. The molecule has 0 radical (unpaired) electrons. The predicted octanol–water partition coefficient (Wildman–Crippen LogP) is 10.0. The van der Waals surface area contributed by atoms with Gasteiger partial charge in [0.2, 0.25) is 0 Å². The second-order valence-electron chi connectivity index (χ2n) is 35.2. The molecule has 0 bridgehead atoms. The molecule has 30 atom stereocenters. The van der Waals surface area contributed by atoms with Gasteiger partial charge in [-0.05, 0) is 196 Å². The molecule has 0 spiro atoms. The van der Waals surface area contributed by atoms with Crippen LogP contribution in [0.2, 0.25) is 0 Å². The van der Waals surface area contributed by atoms with E-state index in [4.69, 9.17) is 125 Å². The van der Waals surface area contributed by atoms with Crippen molar-refractivity contribution >= 4 is 31.3 Å². The lowest BCUT2D eigenvalue weighted by atomic mass is 9.91. The van der Waals surface area contributed by atoms with Crippen molar-refractivity contribution in [2.45, 2.75) is 400 Å². The highest BCUT2D eigenvalue weighted by Crippen LogP contribution is 2.54. The quantitative estimate of drug-likeness (QED) is 0.0326. The van der Waals surface area contributed by atoms with Crippen LogP contribution in [0.1, 0.15) is 218 Å². The van der Waals surface area contributed by atoms with Crippen molar-refractivity contribution < 1.29 is 140 Å². The molecule has 6 aliphatic heterocycles. The summed E-state index contributed by atoms with van der Waals surface area (Å²) in [7, 11) is -18.9. The largest absolute Gasteiger partial charge is 0.746 e. The number of hydrogen-bond acceptors (Lipinski definition) is 34. The van der Waals surface area contributed by atoms with E-state index < -0.39 is 103 Å². The van der Waals surface area contributed by atoms with Gasteiger partial charge >= 0.3 is 31.3 Å². The lowest BCUT2D eigenvalue weighted by molar-refractivity contribution is -0.234. The number of ether oxygens (including phenoxy) is 14. The molecular weight excluding hydrogens is 1620 g/mol. The third-order valence-corrected chi connectivity index (χ3v) is 24.8. The number of phosphoric ester groups is 4. The molecular formula is C80H148N4O30P4-4. The van der Waals surface area contributed by atoms with Crippen LogP contribution in [0.25, 0.3) is 0 Å². The Labute approximate surface area is 703 Å². The first-order chi connectivity index (χ1) is 54.5. The minimum absolute atomic E-state index is 0.0125. The SMILES string of the molecule is C=C(OP(=O)([O-])O[C@@H]1C(N)[C@H](C)O[C@@H]1COC(C)C)[C@H]1O[C@@H](C)C[C@H]1OC(C)C.C=C(OP(=O)([O-])O[C@@H]1C[C@H](C)C(CN)[C@@H]1COC(C)C)[C@H]1O[C@@H](C)C[C@H]1OC(C)C.C=C(OP(=O)([O-])O[C@@H]1C[C@H](C)C[C@]1(N)COC(C)C)[C@H]1O[C@@H](C)C[C@H]1OC(C)C.C=C(OP(=O)([O-])O[C@@H]1C[C@H](C)O[C@]1(CN)COC(C)C)[C@H]1O[C@@H](C)C[C@H]1OC(C)C. The van der Waals surface area contributed by atoms with Crippen LogP contribution in [-0.4, -0.2) is 222 Å². The fourth-order valence-corrected chi connectivity index (χ4v) is 19.9. The Balaban J connectivity index is 0.000000280. The second kappa shape index (κ2) is 47.2. The Kier molecular flexibility index (Phi) is 42.6. The molecule has 8 rings (SSSR count). The van der Waals surface area contributed by atoms with Gasteiger partial charge in [0.1, 0.15) is 71.4 Å². The normalized spacial score (nSPS) is 36.8. The van der Waals surface area contributed by atoms with Crippen LogP contribution in [-0.2, 0) is 121 Å². The van der Waals surface area contributed by atoms with Gasteiger partial charge in [-0.15, -0.1) is 0 Å². The van der Waals surface area contributed by atoms with Crippen molar-refractivity contribution in [3.63, 3.8) is 0 Å². The molecule has 8 N–H and O–H groups in total. The Morgan fingerprint density at radius 2 is 0.780 bits per heavy atom. The molecule has 8 aliphatic rings. The Morgan fingerprint density at radius 1 is 0.424 bits per heavy atom. The number of rotatable bonds is 42. The summed E-state index contributed by atoms with van der Waals surface area (Å²) >= 11 is 0. The molecule has 0 aromatic rings. The van der Waals surface area contributed by atoms with Gasteiger partial charge in [-0.3, -0.25) is 18.3 Å². The van der Waals surface area contributed by atoms with E-state index in [1.807, 2.05) is 152 Å². The maximum atomic E-state index is 12.7. The number of hydrogen-bond donors (Lipinski definition) is 4. The zero-order valence-corrected chi connectivity index (χ0v) is 78.1. The molecule has 6 saturated heterocycles. The first kappa shape index (κ1) is 107. The standard InChI is InChI=1S/C21H40NO7P.C20H38NO8P.C20H38NO7P.C19H36NO8P/c1-12(2)25-11-18-17(10-22)14(5)8-19(18)29-30(23,24)28-16(7)21-20(26-13(3)4)9-15(6)27-21;1-12(2)24-11-20(10-21)18(9-15(6)27-20)29-30(22,23)28-16(7)19-17(25-13(3)4)8-14(5)26-19;1-12(2)24-11-20(21)10-14(5)8-18(20)28-29(22,23)27-16(7)19-17(25-13(3)4)9-15(6)26-19;1-10(2)23-9-16-19(17(20)13(6)26-16)28-29(21,22)27-14(7)18-15(24-11(3)4)8-12(5)25-18/h12-15,17-21H,7-11,22H2,1-6H3,(H,23,24);12-15,17-19H,7-11,21H2,1-6H3,(H,22,23);12-15,17-19H,7-11,21H2,1-6H3,(H,22,23);10-13,15-19H,7-9,20H2,1-6H3,(H,21,22)/p-4/t14-,15-,17?,18-,19+,20+,21+;14-,15-,17+,18+,19+,20+;14-,15-,17+,18+,19+,20-;12-,13-,15+,16+,17?,18+,19-/m0000/s1. The Bertz CT molecular complexity index is 3220. The van der Waals surface area contributed by atoms with Gasteiger partial charge in [-0.1, -0.05) is 40.2 Å². The van der Waals surface area contributed by atoms with E-state index in [1.165, 1.54) is 0 Å². The second-order valence-corrected chi connectivity index (χ2v) is 40.3. The number of nitrogens with two attached hydrogens (primary N) is 4. The highest BCUT2D eigenvalue weighted by molar-refractivity contribution is 7.46. The van der Waals surface area contributed by atoms with Gasteiger partial charge in [0, 0.05) is 44.6 Å². The van der Waals surface area contributed by atoms with Gasteiger partial charge in [0.15, 0.2) is 0 Å². The lowest BCUT2D eigenvalue weighted by Crippen LogP contribution is -2.52. The minimum atomic E-state index is -4.78. The molecule has 0 amide bonds. The summed E-state index contributed by atoms with van der Waals surface area (Å²) in [5.41, 5.74) is 22.5. The molecule has 34 nitrogen and oxygen atoms in total. The molecule has 6 heterocycles.